The van der Waals surface area contributed by atoms with Crippen molar-refractivity contribution in [2.24, 2.45) is 0 Å². The Morgan fingerprint density at radius 2 is 1.90 bits per heavy atom. The first-order valence-electron chi connectivity index (χ1n) is 6.56. The maximum absolute atomic E-state index is 13.4. The van der Waals surface area contributed by atoms with Crippen LogP contribution in [-0.2, 0) is 13.0 Å². The van der Waals surface area contributed by atoms with Gasteiger partial charge in [0.05, 0.1) is 5.69 Å². The highest BCUT2D eigenvalue weighted by Gasteiger charge is 2.21. The van der Waals surface area contributed by atoms with E-state index in [1.54, 1.807) is 11.0 Å². The Morgan fingerprint density at radius 3 is 2.65 bits per heavy atom. The number of halogens is 1. The van der Waals surface area contributed by atoms with Gasteiger partial charge in [-0.05, 0) is 35.7 Å². The van der Waals surface area contributed by atoms with E-state index in [0.29, 0.717) is 18.7 Å². The van der Waals surface area contributed by atoms with Crippen molar-refractivity contribution in [2.75, 3.05) is 12.3 Å². The van der Waals surface area contributed by atoms with Crippen molar-refractivity contribution in [3.05, 3.63) is 65.0 Å². The summed E-state index contributed by atoms with van der Waals surface area (Å²) in [6.07, 6.45) is 0.833. The summed E-state index contributed by atoms with van der Waals surface area (Å²) < 4.78 is 13.4. The van der Waals surface area contributed by atoms with Crippen LogP contribution in [0.25, 0.3) is 0 Å². The molecule has 0 saturated carbocycles. The van der Waals surface area contributed by atoms with Crippen molar-refractivity contribution >= 4 is 11.6 Å². The molecule has 0 saturated heterocycles. The summed E-state index contributed by atoms with van der Waals surface area (Å²) in [6, 6.07) is 12.3. The molecule has 1 heterocycles. The number of fused-ring (bicyclic) bond motifs is 1. The number of carbonyl (C=O) groups is 1. The van der Waals surface area contributed by atoms with Gasteiger partial charge in [0.2, 0.25) is 0 Å². The van der Waals surface area contributed by atoms with Gasteiger partial charge in [0, 0.05) is 18.7 Å². The zero-order chi connectivity index (χ0) is 14.1. The average molecular weight is 270 g/mol. The minimum absolute atomic E-state index is 0.0607. The van der Waals surface area contributed by atoms with Gasteiger partial charge in [-0.3, -0.25) is 4.79 Å². The maximum Gasteiger partial charge on any atom is 0.254 e. The summed E-state index contributed by atoms with van der Waals surface area (Å²) >= 11 is 0. The normalized spacial score (nSPS) is 13.9. The number of rotatable bonds is 1. The number of nitrogen functional groups attached to an aromatic ring is 1. The van der Waals surface area contributed by atoms with E-state index in [9.17, 15) is 9.18 Å². The second-order valence-corrected chi connectivity index (χ2v) is 4.98. The van der Waals surface area contributed by atoms with Crippen molar-refractivity contribution in [3.8, 4) is 0 Å². The minimum atomic E-state index is -0.548. The smallest absolute Gasteiger partial charge is 0.254 e. The molecule has 1 aliphatic rings. The van der Waals surface area contributed by atoms with Gasteiger partial charge in [-0.1, -0.05) is 24.3 Å². The quantitative estimate of drug-likeness (QED) is 0.810. The van der Waals surface area contributed by atoms with Gasteiger partial charge in [-0.15, -0.1) is 0 Å². The highest BCUT2D eigenvalue weighted by Crippen LogP contribution is 2.21. The van der Waals surface area contributed by atoms with Crippen LogP contribution < -0.4 is 5.73 Å². The molecule has 4 heteroatoms. The first-order valence-corrected chi connectivity index (χ1v) is 6.56. The van der Waals surface area contributed by atoms with Crippen LogP contribution in [0.15, 0.2) is 42.5 Å². The van der Waals surface area contributed by atoms with E-state index in [0.717, 1.165) is 12.0 Å². The largest absolute Gasteiger partial charge is 0.396 e. The molecule has 0 fully saturated rings. The predicted molar refractivity (Wildman–Crippen MR) is 75.7 cm³/mol. The number of anilines is 1. The number of nitrogens with zero attached hydrogens (tertiary/aromatic N) is 1. The summed E-state index contributed by atoms with van der Waals surface area (Å²) in [6.45, 7) is 1.23. The van der Waals surface area contributed by atoms with Gasteiger partial charge in [-0.2, -0.15) is 0 Å². The molecule has 1 amide bonds. The molecule has 0 aliphatic carbocycles. The number of hydrogen-bond acceptors (Lipinski definition) is 2. The van der Waals surface area contributed by atoms with Crippen LogP contribution in [0.5, 0.6) is 0 Å². The summed E-state index contributed by atoms with van der Waals surface area (Å²) in [7, 11) is 0. The van der Waals surface area contributed by atoms with Crippen LogP contribution in [0.1, 0.15) is 21.5 Å². The summed E-state index contributed by atoms with van der Waals surface area (Å²) in [5.74, 6) is -0.702. The molecule has 0 unspecified atom stereocenters. The van der Waals surface area contributed by atoms with Crippen LogP contribution >= 0.6 is 0 Å². The van der Waals surface area contributed by atoms with Gasteiger partial charge in [0.1, 0.15) is 5.82 Å². The fourth-order valence-corrected chi connectivity index (χ4v) is 2.51. The molecular formula is C16H15FN2O. The van der Waals surface area contributed by atoms with E-state index in [2.05, 4.69) is 6.07 Å². The van der Waals surface area contributed by atoms with Crippen LogP contribution in [0, 0.1) is 5.82 Å². The number of hydrogen-bond donors (Lipinski definition) is 1. The number of nitrogens with two attached hydrogens (primary N) is 1. The summed E-state index contributed by atoms with van der Waals surface area (Å²) in [5.41, 5.74) is 8.27. The minimum Gasteiger partial charge on any atom is -0.396 e. The molecule has 20 heavy (non-hydrogen) atoms. The fourth-order valence-electron chi connectivity index (χ4n) is 2.51. The Morgan fingerprint density at radius 1 is 1.15 bits per heavy atom. The Balaban J connectivity index is 1.84. The SMILES string of the molecule is Nc1ccc(C(=O)N2CCc3ccccc3C2)cc1F. The monoisotopic (exact) mass is 270 g/mol. The highest BCUT2D eigenvalue weighted by atomic mass is 19.1. The molecule has 3 nitrogen and oxygen atoms in total. The lowest BCUT2D eigenvalue weighted by Gasteiger charge is -2.29. The third kappa shape index (κ3) is 2.25. The Bertz CT molecular complexity index is 669. The zero-order valence-corrected chi connectivity index (χ0v) is 11.0. The van der Waals surface area contributed by atoms with Gasteiger partial charge >= 0.3 is 0 Å². The van der Waals surface area contributed by atoms with Gasteiger partial charge in [0.15, 0.2) is 0 Å². The molecule has 2 aromatic rings. The summed E-state index contributed by atoms with van der Waals surface area (Å²) in [5, 5.41) is 0. The van der Waals surface area contributed by atoms with E-state index < -0.39 is 5.82 Å². The molecule has 0 spiro atoms. The van der Waals surface area contributed by atoms with Crippen LogP contribution in [-0.4, -0.2) is 17.4 Å². The summed E-state index contributed by atoms with van der Waals surface area (Å²) in [4.78, 5) is 14.1. The van der Waals surface area contributed by atoms with E-state index in [-0.39, 0.29) is 11.6 Å². The number of benzene rings is 2. The van der Waals surface area contributed by atoms with E-state index >= 15 is 0 Å². The predicted octanol–water partition coefficient (Wildman–Crippen LogP) is 2.61. The zero-order valence-electron chi connectivity index (χ0n) is 11.0. The highest BCUT2D eigenvalue weighted by molar-refractivity contribution is 5.94. The van der Waals surface area contributed by atoms with Crippen LogP contribution in [0.3, 0.4) is 0 Å². The molecule has 0 radical (unpaired) electrons. The average Bonchev–Trinajstić information content (AvgIpc) is 2.49. The lowest BCUT2D eigenvalue weighted by molar-refractivity contribution is 0.0734. The molecule has 0 atom stereocenters. The first kappa shape index (κ1) is 12.7. The van der Waals surface area contributed by atoms with Crippen molar-refractivity contribution in [2.45, 2.75) is 13.0 Å². The van der Waals surface area contributed by atoms with E-state index in [1.807, 2.05) is 18.2 Å². The topological polar surface area (TPSA) is 46.3 Å². The molecule has 0 aromatic heterocycles. The maximum atomic E-state index is 13.4. The van der Waals surface area contributed by atoms with Gasteiger partial charge in [-0.25, -0.2) is 4.39 Å². The van der Waals surface area contributed by atoms with E-state index in [1.165, 1.54) is 17.7 Å². The van der Waals surface area contributed by atoms with Gasteiger partial charge < -0.3 is 10.6 Å². The van der Waals surface area contributed by atoms with Gasteiger partial charge in [0.25, 0.3) is 5.91 Å². The molecule has 2 N–H and O–H groups in total. The van der Waals surface area contributed by atoms with Crippen molar-refractivity contribution in [1.29, 1.82) is 0 Å². The Labute approximate surface area is 116 Å². The third-order valence-corrected chi connectivity index (χ3v) is 3.67. The van der Waals surface area contributed by atoms with Crippen molar-refractivity contribution in [1.82, 2.24) is 4.90 Å². The Hall–Kier alpha value is -2.36. The standard InChI is InChI=1S/C16H15FN2O/c17-14-9-12(5-6-15(14)18)16(20)19-8-7-11-3-1-2-4-13(11)10-19/h1-6,9H,7-8,10,18H2. The second kappa shape index (κ2) is 4.96. The second-order valence-electron chi connectivity index (χ2n) is 4.98. The first-order chi connectivity index (χ1) is 9.65. The third-order valence-electron chi connectivity index (χ3n) is 3.67. The number of amides is 1. The molecule has 102 valence electrons. The molecule has 0 bridgehead atoms. The Kier molecular flexibility index (Phi) is 3.14. The van der Waals surface area contributed by atoms with Crippen LogP contribution in [0.4, 0.5) is 10.1 Å². The lowest BCUT2D eigenvalue weighted by Crippen LogP contribution is -2.36. The van der Waals surface area contributed by atoms with E-state index in [4.69, 9.17) is 5.73 Å². The number of carbonyl (C=O) groups excluding carboxylic acids is 1. The van der Waals surface area contributed by atoms with Crippen molar-refractivity contribution < 1.29 is 9.18 Å². The molecule has 2 aromatic carbocycles. The van der Waals surface area contributed by atoms with Crippen molar-refractivity contribution in [3.63, 3.8) is 0 Å². The fraction of sp³-hybridized carbons (Fsp3) is 0.188. The lowest BCUT2D eigenvalue weighted by atomic mass is 9.99. The molecular weight excluding hydrogens is 255 g/mol. The molecule has 3 rings (SSSR count). The molecule has 1 aliphatic heterocycles. The van der Waals surface area contributed by atoms with Crippen LogP contribution in [0.2, 0.25) is 0 Å².